The molecule has 0 heterocycles. The maximum atomic E-state index is 10.0. The quantitative estimate of drug-likeness (QED) is 0.529. The second-order valence-electron chi connectivity index (χ2n) is 2.39. The van der Waals surface area contributed by atoms with Crippen LogP contribution >= 0.6 is 12.4 Å². The zero-order valence-electron chi connectivity index (χ0n) is 7.15. The van der Waals surface area contributed by atoms with Crippen molar-refractivity contribution in [3.05, 3.63) is 0 Å². The molecule has 0 unspecified atom stereocenters. The summed E-state index contributed by atoms with van der Waals surface area (Å²) in [6, 6.07) is 0. The molecule has 78 valence electrons. The first-order chi connectivity index (χ1) is 5.63. The van der Waals surface area contributed by atoms with E-state index in [1.165, 1.54) is 0 Å². The lowest BCUT2D eigenvalue weighted by atomic mass is 10.3. The maximum absolute atomic E-state index is 10.0. The number of carbonyl (C=O) groups is 2. The topological polar surface area (TPSA) is 86.6 Å². The van der Waals surface area contributed by atoms with Crippen LogP contribution < -0.4 is 5.32 Å². The number of rotatable bonds is 7. The minimum atomic E-state index is -0.847. The van der Waals surface area contributed by atoms with Crippen molar-refractivity contribution in [1.29, 1.82) is 0 Å². The minimum Gasteiger partial charge on any atom is -0.481 e. The number of carboxylic acids is 2. The summed E-state index contributed by atoms with van der Waals surface area (Å²) in [7, 11) is 0. The van der Waals surface area contributed by atoms with Gasteiger partial charge in [-0.3, -0.25) is 9.59 Å². The molecule has 0 amide bonds. The van der Waals surface area contributed by atoms with Crippen molar-refractivity contribution in [3.63, 3.8) is 0 Å². The number of aliphatic carboxylic acids is 2. The van der Waals surface area contributed by atoms with Crippen molar-refractivity contribution in [2.45, 2.75) is 19.3 Å². The third-order valence-electron chi connectivity index (χ3n) is 1.26. The average Bonchev–Trinajstić information content (AvgIpc) is 1.95. The second kappa shape index (κ2) is 9.28. The lowest BCUT2D eigenvalue weighted by molar-refractivity contribution is -0.138. The molecule has 0 aromatic carbocycles. The molecule has 0 atom stereocenters. The van der Waals surface area contributed by atoms with Crippen LogP contribution in [0.25, 0.3) is 0 Å². The van der Waals surface area contributed by atoms with Crippen LogP contribution in [0.2, 0.25) is 0 Å². The van der Waals surface area contributed by atoms with Crippen LogP contribution in [-0.4, -0.2) is 35.2 Å². The van der Waals surface area contributed by atoms with Gasteiger partial charge in [0.05, 0.1) is 6.42 Å². The van der Waals surface area contributed by atoms with Crippen molar-refractivity contribution < 1.29 is 19.8 Å². The van der Waals surface area contributed by atoms with Crippen LogP contribution in [0.15, 0.2) is 0 Å². The predicted molar refractivity (Wildman–Crippen MR) is 49.2 cm³/mol. The Bertz CT molecular complexity index is 145. The Morgan fingerprint density at radius 3 is 2.00 bits per heavy atom. The molecule has 0 saturated carbocycles. The number of hydrogen-bond donors (Lipinski definition) is 3. The molecular formula is C7H14ClNO4. The van der Waals surface area contributed by atoms with E-state index in [1.54, 1.807) is 0 Å². The van der Waals surface area contributed by atoms with Gasteiger partial charge in [-0.15, -0.1) is 12.4 Å². The molecule has 0 aromatic heterocycles. The second-order valence-corrected chi connectivity index (χ2v) is 2.39. The van der Waals surface area contributed by atoms with Crippen molar-refractivity contribution in [3.8, 4) is 0 Å². The summed E-state index contributed by atoms with van der Waals surface area (Å²) >= 11 is 0. The van der Waals surface area contributed by atoms with E-state index in [0.29, 0.717) is 19.5 Å². The van der Waals surface area contributed by atoms with Crippen LogP contribution in [0.1, 0.15) is 19.3 Å². The van der Waals surface area contributed by atoms with E-state index < -0.39 is 11.9 Å². The van der Waals surface area contributed by atoms with E-state index in [0.717, 1.165) is 0 Å². The molecule has 0 fully saturated rings. The van der Waals surface area contributed by atoms with Crippen LogP contribution in [0.3, 0.4) is 0 Å². The van der Waals surface area contributed by atoms with E-state index >= 15 is 0 Å². The molecule has 0 bridgehead atoms. The van der Waals surface area contributed by atoms with Gasteiger partial charge in [-0.05, 0) is 13.0 Å². The largest absolute Gasteiger partial charge is 0.481 e. The van der Waals surface area contributed by atoms with Gasteiger partial charge in [-0.25, -0.2) is 0 Å². The fourth-order valence-electron chi connectivity index (χ4n) is 0.685. The summed E-state index contributed by atoms with van der Waals surface area (Å²) in [5.74, 6) is -1.67. The van der Waals surface area contributed by atoms with Crippen LogP contribution in [-0.2, 0) is 9.59 Å². The molecular weight excluding hydrogens is 198 g/mol. The first-order valence-electron chi connectivity index (χ1n) is 3.77. The van der Waals surface area contributed by atoms with Gasteiger partial charge in [0.2, 0.25) is 0 Å². The Kier molecular flexibility index (Phi) is 10.5. The van der Waals surface area contributed by atoms with E-state index in [2.05, 4.69) is 5.32 Å². The summed E-state index contributed by atoms with van der Waals surface area (Å²) in [5.41, 5.74) is 0. The number of halogens is 1. The number of carboxylic acid groups (broad SMARTS) is 2. The van der Waals surface area contributed by atoms with Gasteiger partial charge in [0.1, 0.15) is 0 Å². The van der Waals surface area contributed by atoms with Crippen molar-refractivity contribution in [2.75, 3.05) is 13.1 Å². The van der Waals surface area contributed by atoms with Crippen molar-refractivity contribution in [2.24, 2.45) is 0 Å². The molecule has 0 aliphatic carbocycles. The molecule has 0 rings (SSSR count). The smallest absolute Gasteiger partial charge is 0.304 e. The highest BCUT2D eigenvalue weighted by atomic mass is 35.5. The summed E-state index contributed by atoms with van der Waals surface area (Å²) in [6.45, 7) is 0.953. The molecule has 0 spiro atoms. The summed E-state index contributed by atoms with van der Waals surface area (Å²) in [6.07, 6.45) is 0.738. The highest BCUT2D eigenvalue weighted by molar-refractivity contribution is 5.85. The Morgan fingerprint density at radius 1 is 1.00 bits per heavy atom. The van der Waals surface area contributed by atoms with E-state index in [1.807, 2.05) is 0 Å². The molecule has 3 N–H and O–H groups in total. The van der Waals surface area contributed by atoms with Crippen LogP contribution in [0, 0.1) is 0 Å². The van der Waals surface area contributed by atoms with Gasteiger partial charge < -0.3 is 15.5 Å². The normalized spacial score (nSPS) is 8.92. The molecule has 13 heavy (non-hydrogen) atoms. The lowest BCUT2D eigenvalue weighted by Crippen LogP contribution is -2.19. The Labute approximate surface area is 82.5 Å². The van der Waals surface area contributed by atoms with Crippen LogP contribution in [0.4, 0.5) is 0 Å². The van der Waals surface area contributed by atoms with Gasteiger partial charge in [0, 0.05) is 13.0 Å². The molecule has 0 aliphatic rings. The number of hydrogen-bond acceptors (Lipinski definition) is 3. The van der Waals surface area contributed by atoms with E-state index in [9.17, 15) is 9.59 Å². The van der Waals surface area contributed by atoms with Gasteiger partial charge in [0.15, 0.2) is 0 Å². The van der Waals surface area contributed by atoms with Crippen molar-refractivity contribution >= 4 is 24.3 Å². The number of nitrogens with one attached hydrogen (secondary N) is 1. The Morgan fingerprint density at radius 2 is 1.54 bits per heavy atom. The third-order valence-corrected chi connectivity index (χ3v) is 1.26. The van der Waals surface area contributed by atoms with Gasteiger partial charge in [-0.1, -0.05) is 0 Å². The molecule has 0 aromatic rings. The summed E-state index contributed by atoms with van der Waals surface area (Å²) < 4.78 is 0. The van der Waals surface area contributed by atoms with Gasteiger partial charge >= 0.3 is 11.9 Å². The van der Waals surface area contributed by atoms with Gasteiger partial charge in [-0.2, -0.15) is 0 Å². The standard InChI is InChI=1S/C7H13NO4.ClH/c9-6(10)2-1-4-8-5-3-7(11)12;/h8H,1-5H2,(H,9,10)(H,11,12);1H. The SMILES string of the molecule is Cl.O=C(O)CCCNCCC(=O)O. The third kappa shape index (κ3) is 14.1. The molecule has 6 heteroatoms. The average molecular weight is 212 g/mol. The molecule has 0 aliphatic heterocycles. The van der Waals surface area contributed by atoms with E-state index in [4.69, 9.17) is 10.2 Å². The summed E-state index contributed by atoms with van der Waals surface area (Å²) in [5, 5.41) is 19.3. The first kappa shape index (κ1) is 14.7. The fourth-order valence-corrected chi connectivity index (χ4v) is 0.685. The molecule has 5 nitrogen and oxygen atoms in total. The first-order valence-corrected chi connectivity index (χ1v) is 3.77. The Balaban J connectivity index is 0. The molecule has 0 saturated heterocycles. The maximum Gasteiger partial charge on any atom is 0.304 e. The zero-order valence-corrected chi connectivity index (χ0v) is 7.97. The predicted octanol–water partition coefficient (Wildman–Crippen LogP) is 0.337. The zero-order chi connectivity index (χ0) is 9.40. The van der Waals surface area contributed by atoms with Crippen LogP contribution in [0.5, 0.6) is 0 Å². The lowest BCUT2D eigenvalue weighted by Gasteiger charge is -1.99. The Hall–Kier alpha value is -0.810. The highest BCUT2D eigenvalue weighted by Crippen LogP contribution is 1.85. The summed E-state index contributed by atoms with van der Waals surface area (Å²) in [4.78, 5) is 20.0. The fraction of sp³-hybridized carbons (Fsp3) is 0.714. The van der Waals surface area contributed by atoms with Crippen molar-refractivity contribution in [1.82, 2.24) is 5.32 Å². The monoisotopic (exact) mass is 211 g/mol. The highest BCUT2D eigenvalue weighted by Gasteiger charge is 1.97. The van der Waals surface area contributed by atoms with E-state index in [-0.39, 0.29) is 25.2 Å². The molecule has 0 radical (unpaired) electrons. The van der Waals surface area contributed by atoms with Gasteiger partial charge in [0.25, 0.3) is 0 Å². The minimum absolute atomic E-state index is 0.